The van der Waals surface area contributed by atoms with Crippen molar-refractivity contribution < 1.29 is 52.0 Å². The number of ketones is 1. The highest BCUT2D eigenvalue weighted by Crippen LogP contribution is 2.50. The van der Waals surface area contributed by atoms with E-state index in [1.807, 2.05) is 32.4 Å². The number of nitro benzene ring substituents is 1. The molecule has 19 nitrogen and oxygen atoms in total. The Morgan fingerprint density at radius 2 is 1.86 bits per heavy atom. The van der Waals surface area contributed by atoms with Crippen molar-refractivity contribution in [3.63, 3.8) is 0 Å². The number of H-pyrrole nitrogens is 1. The predicted octanol–water partition coefficient (Wildman–Crippen LogP) is 4.18. The first-order valence-electron chi connectivity index (χ1n) is 18.3. The third kappa shape index (κ3) is 12.3. The number of ether oxygens (including phenoxy) is 5. The maximum absolute atomic E-state index is 13.8. The van der Waals surface area contributed by atoms with Gasteiger partial charge in [0.05, 0.1) is 36.0 Å². The van der Waals surface area contributed by atoms with Crippen molar-refractivity contribution in [2.75, 3.05) is 19.8 Å². The van der Waals surface area contributed by atoms with E-state index in [-0.39, 0.29) is 54.9 Å². The summed E-state index contributed by atoms with van der Waals surface area (Å²) in [6.07, 6.45) is -2.19. The van der Waals surface area contributed by atoms with Crippen LogP contribution in [0.15, 0.2) is 40.1 Å². The molecule has 6 atom stereocenters. The summed E-state index contributed by atoms with van der Waals surface area (Å²) in [5.74, 6) is -1.95. The zero-order chi connectivity index (χ0) is 40.9. The average molecular weight is 806 g/mol. The number of non-ortho nitro benzene ring substituents is 1. The summed E-state index contributed by atoms with van der Waals surface area (Å²) < 4.78 is 45.8. The third-order valence-electron chi connectivity index (χ3n) is 8.70. The largest absolute Gasteiger partial charge is 0.461 e. The number of carbonyl (C=O) groups excluding carboxylic acids is 3. The minimum absolute atomic E-state index is 0.0281. The summed E-state index contributed by atoms with van der Waals surface area (Å²) in [6.45, 7) is 8.58. The summed E-state index contributed by atoms with van der Waals surface area (Å²) in [4.78, 5) is 75.7. The molecule has 3 heterocycles. The zero-order valence-corrected chi connectivity index (χ0v) is 32.8. The van der Waals surface area contributed by atoms with Crippen molar-refractivity contribution in [3.05, 3.63) is 72.5 Å². The molecular formula is C36H48N5O14P. The van der Waals surface area contributed by atoms with E-state index in [1.165, 1.54) is 19.2 Å². The highest BCUT2D eigenvalue weighted by molar-refractivity contribution is 7.44. The normalized spacial score (nSPS) is 21.5. The second-order valence-electron chi connectivity index (χ2n) is 13.7. The number of Topliss-reactive ketones (excluding diaryl/α,β-unsaturated/α-hetero) is 1. The molecule has 2 aliphatic rings. The number of nitro groups is 1. The lowest BCUT2D eigenvalue weighted by Gasteiger charge is -2.38. The van der Waals surface area contributed by atoms with E-state index in [1.54, 1.807) is 0 Å². The zero-order valence-electron chi connectivity index (χ0n) is 32.0. The number of aromatic nitrogens is 2. The lowest BCUT2D eigenvalue weighted by Crippen LogP contribution is -2.44. The summed E-state index contributed by atoms with van der Waals surface area (Å²) in [5, 5.41) is 20.9. The lowest BCUT2D eigenvalue weighted by atomic mass is 10.1. The fourth-order valence-electron chi connectivity index (χ4n) is 6.10. The molecule has 0 bridgehead atoms. The van der Waals surface area contributed by atoms with Crippen LogP contribution in [-0.2, 0) is 48.9 Å². The maximum atomic E-state index is 13.8. The number of rotatable bonds is 20. The molecule has 20 heteroatoms. The Bertz CT molecular complexity index is 1830. The topological polar surface area (TPSA) is 241 Å². The van der Waals surface area contributed by atoms with Crippen molar-refractivity contribution in [2.45, 2.75) is 123 Å². The maximum Gasteiger partial charge on any atom is 0.338 e. The van der Waals surface area contributed by atoms with Crippen LogP contribution in [-0.4, -0.2) is 93.4 Å². The van der Waals surface area contributed by atoms with Gasteiger partial charge in [-0.1, -0.05) is 0 Å². The van der Waals surface area contributed by atoms with Crippen LogP contribution in [0, 0.1) is 21.4 Å². The molecule has 0 spiro atoms. The van der Waals surface area contributed by atoms with Gasteiger partial charge in [-0.3, -0.25) is 29.3 Å². The van der Waals surface area contributed by atoms with E-state index >= 15 is 0 Å². The van der Waals surface area contributed by atoms with Gasteiger partial charge in [0.1, 0.15) is 37.3 Å². The van der Waals surface area contributed by atoms with Crippen molar-refractivity contribution in [2.24, 2.45) is 0 Å². The molecule has 4 rings (SSSR count). The Hall–Kier alpha value is -4.41. The monoisotopic (exact) mass is 805 g/mol. The van der Waals surface area contributed by atoms with Crippen LogP contribution >= 0.6 is 8.53 Å². The minimum atomic E-state index is -1.96. The number of hydrogen-bond donors (Lipinski definition) is 1. The van der Waals surface area contributed by atoms with Crippen LogP contribution in [0.4, 0.5) is 5.69 Å². The van der Waals surface area contributed by atoms with Gasteiger partial charge in [0.2, 0.25) is 0 Å². The van der Waals surface area contributed by atoms with Crippen LogP contribution in [0.3, 0.4) is 0 Å². The summed E-state index contributed by atoms with van der Waals surface area (Å²) >= 11 is 0. The Balaban J connectivity index is 1.72. The van der Waals surface area contributed by atoms with E-state index in [2.05, 4.69) is 11.1 Å². The fraction of sp³-hybridized carbons (Fsp3) is 0.611. The molecule has 2 saturated heterocycles. The number of nitrogens with one attached hydrogen (secondary N) is 1. The Labute approximate surface area is 324 Å². The van der Waals surface area contributed by atoms with Gasteiger partial charge in [-0.25, -0.2) is 14.3 Å². The van der Waals surface area contributed by atoms with Crippen molar-refractivity contribution in [1.82, 2.24) is 14.2 Å². The van der Waals surface area contributed by atoms with Gasteiger partial charge < -0.3 is 37.5 Å². The number of esters is 2. The molecule has 2 aliphatic heterocycles. The van der Waals surface area contributed by atoms with Gasteiger partial charge in [0, 0.05) is 55.1 Å². The van der Waals surface area contributed by atoms with E-state index in [4.69, 9.17) is 32.7 Å². The molecule has 306 valence electrons. The lowest BCUT2D eigenvalue weighted by molar-refractivity contribution is -0.384. The number of benzene rings is 1. The summed E-state index contributed by atoms with van der Waals surface area (Å²) in [7, 11) is -1.96. The molecule has 1 aromatic carbocycles. The van der Waals surface area contributed by atoms with Crippen molar-refractivity contribution >= 4 is 31.9 Å². The number of nitrogens with zero attached hydrogens (tertiary/aromatic N) is 4. The SMILES string of the molecule is CC(=O)CCC(=O)OCc1ccc([N+](=O)[O-])cc1C(=O)OC[C@H]1O[C@@H](n2ccc(=O)[nH]c2=O)[C@H](OC2CCCCO2)[C@@H]1OP(OCCC#N)N(C(C)C)C(C)C. The predicted molar refractivity (Wildman–Crippen MR) is 197 cm³/mol. The first-order valence-corrected chi connectivity index (χ1v) is 19.4. The quantitative estimate of drug-likeness (QED) is 0.0649. The number of hydrogen-bond acceptors (Lipinski definition) is 16. The van der Waals surface area contributed by atoms with Crippen molar-refractivity contribution in [3.8, 4) is 6.07 Å². The molecule has 2 unspecified atom stereocenters. The van der Waals surface area contributed by atoms with Gasteiger partial charge >= 0.3 is 17.6 Å². The molecule has 0 aliphatic carbocycles. The molecule has 56 heavy (non-hydrogen) atoms. The number of nitriles is 1. The van der Waals surface area contributed by atoms with Gasteiger partial charge in [0.25, 0.3) is 19.8 Å². The van der Waals surface area contributed by atoms with E-state index < -0.39 is 86.4 Å². The Morgan fingerprint density at radius 3 is 2.48 bits per heavy atom. The van der Waals surface area contributed by atoms with E-state index in [9.17, 15) is 39.3 Å². The first-order chi connectivity index (χ1) is 26.7. The molecule has 2 aromatic rings. The minimum Gasteiger partial charge on any atom is -0.461 e. The Morgan fingerprint density at radius 1 is 1.11 bits per heavy atom. The second kappa shape index (κ2) is 21.2. The van der Waals surface area contributed by atoms with Gasteiger partial charge in [-0.2, -0.15) is 5.26 Å². The van der Waals surface area contributed by atoms with Gasteiger partial charge in [-0.05, 0) is 59.9 Å². The fourth-order valence-corrected chi connectivity index (χ4v) is 7.86. The average Bonchev–Trinajstić information content (AvgIpc) is 3.47. The van der Waals surface area contributed by atoms with Crippen LogP contribution < -0.4 is 11.2 Å². The second-order valence-corrected chi connectivity index (χ2v) is 15.1. The van der Waals surface area contributed by atoms with Crippen LogP contribution in [0.1, 0.15) is 95.3 Å². The highest BCUT2D eigenvalue weighted by Gasteiger charge is 2.51. The first kappa shape index (κ1) is 44.3. The van der Waals surface area contributed by atoms with Crippen LogP contribution in [0.2, 0.25) is 0 Å². The van der Waals surface area contributed by atoms with Crippen LogP contribution in [0.5, 0.6) is 0 Å². The molecule has 2 fully saturated rings. The van der Waals surface area contributed by atoms with E-state index in [0.717, 1.165) is 35.6 Å². The molecule has 0 saturated carbocycles. The molecule has 0 amide bonds. The molecular weight excluding hydrogens is 757 g/mol. The Kier molecular flexibility index (Phi) is 16.8. The number of aromatic amines is 1. The molecule has 0 radical (unpaired) electrons. The third-order valence-corrected chi connectivity index (χ3v) is 10.8. The van der Waals surface area contributed by atoms with Crippen LogP contribution in [0.25, 0.3) is 0 Å². The summed E-state index contributed by atoms with van der Waals surface area (Å²) in [6, 6.07) is 6.37. The summed E-state index contributed by atoms with van der Waals surface area (Å²) in [5.41, 5.74) is -2.05. The van der Waals surface area contributed by atoms with E-state index in [0.29, 0.717) is 13.0 Å². The highest BCUT2D eigenvalue weighted by atomic mass is 31.2. The molecule has 1 N–H and O–H groups in total. The van der Waals surface area contributed by atoms with Gasteiger partial charge in [0.15, 0.2) is 12.5 Å². The van der Waals surface area contributed by atoms with Gasteiger partial charge in [-0.15, -0.1) is 0 Å². The standard InChI is InChI=1S/C36H48N5O14P/c1-22(2)40(23(3)4)56(52-18-8-15-37)55-32-28(53-34(39-16-14-29(43)38-36(39)46)33(32)54-31-9-6-7-17-49-31)21-51-35(45)27-19-26(41(47)48)12-11-25(27)20-50-30(44)13-10-24(5)42/h11-12,14,16,19,22-23,28,31-34H,6-10,13,17-18,20-21H2,1-5H3,(H,38,43,46)/t28-,31?,32-,33-,34-,56?/m1/s1. The number of carbonyl (C=O) groups is 3. The molecule has 1 aromatic heterocycles. The van der Waals surface area contributed by atoms with Crippen molar-refractivity contribution in [1.29, 1.82) is 5.26 Å². The smallest absolute Gasteiger partial charge is 0.338 e.